The lowest BCUT2D eigenvalue weighted by atomic mass is 9.87. The van der Waals surface area contributed by atoms with Gasteiger partial charge in [-0.3, -0.25) is 4.72 Å². The Labute approximate surface area is 170 Å². The fraction of sp³-hybridized carbons (Fsp3) is 0.350. The lowest BCUT2D eigenvalue weighted by Crippen LogP contribution is -2.31. The van der Waals surface area contributed by atoms with Crippen LogP contribution in [-0.4, -0.2) is 32.7 Å². The third kappa shape index (κ3) is 6.42. The standard InChI is InChI=1S/C20H25F2N3O3S/c1-20(2,3)14-8-6-13(7-9-14)12-25(4)19(26)23-17-10-16(22)18(11-15(17)21)24-29(5,27)28/h6-11,24H,12H2,1-5H3,(H,23,26). The fourth-order valence-corrected chi connectivity index (χ4v) is 3.14. The van der Waals surface area contributed by atoms with Gasteiger partial charge in [0.2, 0.25) is 10.0 Å². The molecule has 6 nitrogen and oxygen atoms in total. The third-order valence-corrected chi connectivity index (χ3v) is 4.77. The molecule has 0 unspecified atom stereocenters. The second-order valence-corrected chi connectivity index (χ2v) is 9.67. The van der Waals surface area contributed by atoms with Crippen molar-refractivity contribution in [2.24, 2.45) is 0 Å². The monoisotopic (exact) mass is 425 g/mol. The molecule has 0 heterocycles. The Bertz CT molecular complexity index is 1000. The summed E-state index contributed by atoms with van der Waals surface area (Å²) in [5, 5.41) is 2.29. The summed E-state index contributed by atoms with van der Waals surface area (Å²) in [5.74, 6) is -1.97. The molecule has 9 heteroatoms. The van der Waals surface area contributed by atoms with Crippen molar-refractivity contribution in [2.75, 3.05) is 23.3 Å². The molecule has 2 aromatic rings. The molecular formula is C20H25F2N3O3S. The van der Waals surface area contributed by atoms with E-state index in [1.165, 1.54) is 11.9 Å². The Hall–Kier alpha value is -2.68. The van der Waals surface area contributed by atoms with Crippen LogP contribution < -0.4 is 10.0 Å². The lowest BCUT2D eigenvalue weighted by molar-refractivity contribution is 0.220. The van der Waals surface area contributed by atoms with Gasteiger partial charge in [0.15, 0.2) is 0 Å². The van der Waals surface area contributed by atoms with E-state index < -0.39 is 33.4 Å². The average molecular weight is 426 g/mol. The third-order valence-electron chi connectivity index (χ3n) is 4.18. The highest BCUT2D eigenvalue weighted by Crippen LogP contribution is 2.25. The van der Waals surface area contributed by atoms with E-state index in [0.717, 1.165) is 23.4 Å². The van der Waals surface area contributed by atoms with Crippen molar-refractivity contribution in [3.05, 3.63) is 59.2 Å². The van der Waals surface area contributed by atoms with Crippen LogP contribution in [0.1, 0.15) is 31.9 Å². The molecule has 2 amide bonds. The first-order chi connectivity index (χ1) is 13.3. The number of anilines is 2. The minimum absolute atomic E-state index is 0.0154. The summed E-state index contributed by atoms with van der Waals surface area (Å²) in [5.41, 5.74) is 1.14. The number of hydrogen-bond donors (Lipinski definition) is 2. The summed E-state index contributed by atoms with van der Waals surface area (Å²) in [6, 6.07) is 8.58. The number of nitrogens with one attached hydrogen (secondary N) is 2. The molecule has 0 aromatic heterocycles. The van der Waals surface area contributed by atoms with E-state index in [1.54, 1.807) is 0 Å². The Morgan fingerprint density at radius 1 is 1.03 bits per heavy atom. The molecule has 0 radical (unpaired) electrons. The molecule has 29 heavy (non-hydrogen) atoms. The van der Waals surface area contributed by atoms with Crippen LogP contribution in [0.3, 0.4) is 0 Å². The summed E-state index contributed by atoms with van der Waals surface area (Å²) >= 11 is 0. The van der Waals surface area contributed by atoms with Crippen molar-refractivity contribution < 1.29 is 22.0 Å². The zero-order valence-corrected chi connectivity index (χ0v) is 17.8. The second kappa shape index (κ2) is 8.36. The predicted octanol–water partition coefficient (Wildman–Crippen LogP) is 4.30. The molecule has 0 atom stereocenters. The predicted molar refractivity (Wildman–Crippen MR) is 110 cm³/mol. The number of carbonyl (C=O) groups is 1. The highest BCUT2D eigenvalue weighted by atomic mass is 32.2. The van der Waals surface area contributed by atoms with Crippen LogP contribution in [0.5, 0.6) is 0 Å². The summed E-state index contributed by atoms with van der Waals surface area (Å²) in [4.78, 5) is 13.7. The SMILES string of the molecule is CN(Cc1ccc(C(C)(C)C)cc1)C(=O)Nc1cc(F)c(NS(C)(=O)=O)cc1F. The van der Waals surface area contributed by atoms with Gasteiger partial charge in [0.05, 0.1) is 17.6 Å². The zero-order valence-electron chi connectivity index (χ0n) is 17.0. The van der Waals surface area contributed by atoms with Crippen LogP contribution in [0.2, 0.25) is 0 Å². The first kappa shape index (κ1) is 22.6. The van der Waals surface area contributed by atoms with Crippen molar-refractivity contribution in [1.82, 2.24) is 4.90 Å². The van der Waals surface area contributed by atoms with Crippen molar-refractivity contribution >= 4 is 27.4 Å². The number of hydrogen-bond acceptors (Lipinski definition) is 3. The van der Waals surface area contributed by atoms with Gasteiger partial charge in [-0.05, 0) is 16.5 Å². The second-order valence-electron chi connectivity index (χ2n) is 7.92. The van der Waals surface area contributed by atoms with Crippen LogP contribution in [0, 0.1) is 11.6 Å². The highest BCUT2D eigenvalue weighted by Gasteiger charge is 2.17. The molecule has 2 N–H and O–H groups in total. The number of rotatable bonds is 5. The zero-order chi connectivity index (χ0) is 22.0. The van der Waals surface area contributed by atoms with Gasteiger partial charge in [-0.2, -0.15) is 0 Å². The molecule has 158 valence electrons. The van der Waals surface area contributed by atoms with E-state index in [0.29, 0.717) is 6.07 Å². The number of carbonyl (C=O) groups excluding carboxylic acids is 1. The number of sulfonamides is 1. The minimum Gasteiger partial charge on any atom is -0.323 e. The van der Waals surface area contributed by atoms with Crippen molar-refractivity contribution in [2.45, 2.75) is 32.7 Å². The van der Waals surface area contributed by atoms with Gasteiger partial charge in [0.1, 0.15) is 11.6 Å². The van der Waals surface area contributed by atoms with E-state index in [2.05, 4.69) is 26.1 Å². The fourth-order valence-electron chi connectivity index (χ4n) is 2.59. The number of amides is 2. The van der Waals surface area contributed by atoms with Crippen LogP contribution in [-0.2, 0) is 22.0 Å². The topological polar surface area (TPSA) is 78.5 Å². The van der Waals surface area contributed by atoms with Gasteiger partial charge in [-0.15, -0.1) is 0 Å². The number of benzene rings is 2. The van der Waals surface area contributed by atoms with Gasteiger partial charge in [0, 0.05) is 25.7 Å². The molecule has 0 fully saturated rings. The molecule has 0 aliphatic heterocycles. The van der Waals surface area contributed by atoms with Crippen molar-refractivity contribution in [1.29, 1.82) is 0 Å². The maximum atomic E-state index is 14.2. The van der Waals surface area contributed by atoms with Crippen LogP contribution in [0.15, 0.2) is 36.4 Å². The Morgan fingerprint density at radius 2 is 1.55 bits per heavy atom. The number of halogens is 2. The van der Waals surface area contributed by atoms with E-state index in [9.17, 15) is 22.0 Å². The van der Waals surface area contributed by atoms with Gasteiger partial charge in [-0.25, -0.2) is 22.0 Å². The molecule has 2 rings (SSSR count). The Kier molecular flexibility index (Phi) is 6.52. The summed E-state index contributed by atoms with van der Waals surface area (Å²) < 4.78 is 52.5. The average Bonchev–Trinajstić information content (AvgIpc) is 2.57. The Balaban J connectivity index is 2.08. The van der Waals surface area contributed by atoms with Crippen LogP contribution in [0.25, 0.3) is 0 Å². The van der Waals surface area contributed by atoms with Crippen molar-refractivity contribution in [3.8, 4) is 0 Å². The van der Waals surface area contributed by atoms with E-state index >= 15 is 0 Å². The lowest BCUT2D eigenvalue weighted by Gasteiger charge is -2.21. The highest BCUT2D eigenvalue weighted by molar-refractivity contribution is 7.92. The molecule has 2 aromatic carbocycles. The maximum Gasteiger partial charge on any atom is 0.321 e. The largest absolute Gasteiger partial charge is 0.323 e. The van der Waals surface area contributed by atoms with Gasteiger partial charge in [-0.1, -0.05) is 45.0 Å². The molecule has 0 saturated carbocycles. The first-order valence-corrected chi connectivity index (χ1v) is 10.7. The van der Waals surface area contributed by atoms with E-state index in [4.69, 9.17) is 0 Å². The van der Waals surface area contributed by atoms with E-state index in [1.807, 2.05) is 29.0 Å². The van der Waals surface area contributed by atoms with Gasteiger partial charge >= 0.3 is 6.03 Å². The minimum atomic E-state index is -3.77. The van der Waals surface area contributed by atoms with E-state index in [-0.39, 0.29) is 17.6 Å². The summed E-state index contributed by atoms with van der Waals surface area (Å²) in [6.45, 7) is 6.58. The smallest absolute Gasteiger partial charge is 0.321 e. The molecular weight excluding hydrogens is 400 g/mol. The number of urea groups is 1. The molecule has 0 saturated heterocycles. The molecule has 0 bridgehead atoms. The molecule has 0 spiro atoms. The van der Waals surface area contributed by atoms with Crippen molar-refractivity contribution in [3.63, 3.8) is 0 Å². The first-order valence-electron chi connectivity index (χ1n) is 8.84. The normalized spacial score (nSPS) is 11.8. The van der Waals surface area contributed by atoms with Crippen LogP contribution in [0.4, 0.5) is 25.0 Å². The van der Waals surface area contributed by atoms with Gasteiger partial charge < -0.3 is 10.2 Å². The maximum absolute atomic E-state index is 14.2. The summed E-state index contributed by atoms with van der Waals surface area (Å²) in [6.07, 6.45) is 0.822. The summed E-state index contributed by atoms with van der Waals surface area (Å²) in [7, 11) is -2.24. The molecule has 0 aliphatic rings. The Morgan fingerprint density at radius 3 is 2.07 bits per heavy atom. The molecule has 0 aliphatic carbocycles. The van der Waals surface area contributed by atoms with Crippen LogP contribution >= 0.6 is 0 Å². The quantitative estimate of drug-likeness (QED) is 0.750. The number of nitrogens with zero attached hydrogens (tertiary/aromatic N) is 1. The van der Waals surface area contributed by atoms with Gasteiger partial charge in [0.25, 0.3) is 0 Å².